The first-order chi connectivity index (χ1) is 17.3. The first-order valence-electron chi connectivity index (χ1n) is 14.6. The van der Waals surface area contributed by atoms with Crippen molar-refractivity contribution < 1.29 is 0 Å². The standard InChI is InChI=1S/C32H51N3/c1-3-5-7-9-11-13-15-20-28-35(29-21-16-14-12-10-8-6-4-2)32-26-24-31(25-27-32)34-33-30-22-18-17-19-23-30/h17-19,22-27H,3-16,20-21,28-29H2,1-2H3. The summed E-state index contributed by atoms with van der Waals surface area (Å²) in [5.41, 5.74) is 3.13. The second-order valence-corrected chi connectivity index (χ2v) is 9.99. The van der Waals surface area contributed by atoms with Gasteiger partial charge in [0.1, 0.15) is 0 Å². The maximum Gasteiger partial charge on any atom is 0.0858 e. The molecule has 2 aromatic rings. The summed E-state index contributed by atoms with van der Waals surface area (Å²) in [5.74, 6) is 0. The summed E-state index contributed by atoms with van der Waals surface area (Å²) >= 11 is 0. The highest BCUT2D eigenvalue weighted by Gasteiger charge is 2.07. The van der Waals surface area contributed by atoms with Crippen molar-refractivity contribution in [1.82, 2.24) is 0 Å². The highest BCUT2D eigenvalue weighted by atomic mass is 15.1. The Morgan fingerprint density at radius 3 is 1.31 bits per heavy atom. The number of nitrogens with zero attached hydrogens (tertiary/aromatic N) is 3. The van der Waals surface area contributed by atoms with Gasteiger partial charge in [-0.3, -0.25) is 0 Å². The second-order valence-electron chi connectivity index (χ2n) is 9.99. The summed E-state index contributed by atoms with van der Waals surface area (Å²) in [7, 11) is 0. The van der Waals surface area contributed by atoms with Crippen LogP contribution in [0.1, 0.15) is 117 Å². The fraction of sp³-hybridized carbons (Fsp3) is 0.625. The molecule has 0 N–H and O–H groups in total. The monoisotopic (exact) mass is 477 g/mol. The molecule has 0 spiro atoms. The average molecular weight is 478 g/mol. The van der Waals surface area contributed by atoms with Crippen molar-refractivity contribution in [2.75, 3.05) is 18.0 Å². The lowest BCUT2D eigenvalue weighted by molar-refractivity contribution is 0.555. The van der Waals surface area contributed by atoms with Gasteiger partial charge in [-0.25, -0.2) is 0 Å². The van der Waals surface area contributed by atoms with E-state index >= 15 is 0 Å². The van der Waals surface area contributed by atoms with Crippen LogP contribution in [0.15, 0.2) is 64.8 Å². The van der Waals surface area contributed by atoms with Crippen LogP contribution in [0, 0.1) is 0 Å². The highest BCUT2D eigenvalue weighted by Crippen LogP contribution is 2.23. The zero-order valence-corrected chi connectivity index (χ0v) is 22.8. The van der Waals surface area contributed by atoms with Crippen molar-refractivity contribution in [1.29, 1.82) is 0 Å². The van der Waals surface area contributed by atoms with E-state index in [9.17, 15) is 0 Å². The van der Waals surface area contributed by atoms with Crippen molar-refractivity contribution >= 4 is 17.1 Å². The van der Waals surface area contributed by atoms with Crippen LogP contribution in [0.25, 0.3) is 0 Å². The van der Waals surface area contributed by atoms with E-state index in [0.717, 1.165) is 24.5 Å². The van der Waals surface area contributed by atoms with Crippen LogP contribution >= 0.6 is 0 Å². The number of hydrogen-bond donors (Lipinski definition) is 0. The largest absolute Gasteiger partial charge is 0.372 e. The Morgan fingerprint density at radius 2 is 0.857 bits per heavy atom. The predicted octanol–water partition coefficient (Wildman–Crippen LogP) is 11.2. The molecule has 0 aliphatic carbocycles. The molecule has 0 saturated heterocycles. The van der Waals surface area contributed by atoms with E-state index in [1.54, 1.807) is 0 Å². The zero-order chi connectivity index (χ0) is 24.8. The van der Waals surface area contributed by atoms with Gasteiger partial charge in [0.25, 0.3) is 0 Å². The second kappa shape index (κ2) is 20.1. The minimum atomic E-state index is 0.891. The highest BCUT2D eigenvalue weighted by molar-refractivity contribution is 5.53. The van der Waals surface area contributed by atoms with E-state index in [-0.39, 0.29) is 0 Å². The van der Waals surface area contributed by atoms with E-state index < -0.39 is 0 Å². The average Bonchev–Trinajstić information content (AvgIpc) is 2.90. The van der Waals surface area contributed by atoms with Crippen LogP contribution in [0.5, 0.6) is 0 Å². The summed E-state index contributed by atoms with van der Waals surface area (Å²) in [6.07, 6.45) is 22.0. The Bertz CT molecular complexity index is 734. The summed E-state index contributed by atoms with van der Waals surface area (Å²) in [6.45, 7) is 6.91. The van der Waals surface area contributed by atoms with Crippen LogP contribution < -0.4 is 4.90 Å². The van der Waals surface area contributed by atoms with Gasteiger partial charge >= 0.3 is 0 Å². The molecular weight excluding hydrogens is 426 g/mol. The minimum absolute atomic E-state index is 0.891. The summed E-state index contributed by atoms with van der Waals surface area (Å²) < 4.78 is 0. The molecule has 0 saturated carbocycles. The van der Waals surface area contributed by atoms with E-state index in [1.807, 2.05) is 30.3 Å². The third-order valence-electron chi connectivity index (χ3n) is 6.82. The Labute approximate surface area is 216 Å². The Hall–Kier alpha value is -2.16. The van der Waals surface area contributed by atoms with Crippen molar-refractivity contribution in [3.8, 4) is 0 Å². The number of hydrogen-bond acceptors (Lipinski definition) is 3. The number of rotatable bonds is 21. The quantitative estimate of drug-likeness (QED) is 0.130. The van der Waals surface area contributed by atoms with E-state index in [4.69, 9.17) is 0 Å². The van der Waals surface area contributed by atoms with Crippen LogP contribution in [-0.4, -0.2) is 13.1 Å². The van der Waals surface area contributed by atoms with Gasteiger partial charge in [0, 0.05) is 18.8 Å². The number of anilines is 1. The van der Waals surface area contributed by atoms with Crippen LogP contribution in [0.4, 0.5) is 17.1 Å². The zero-order valence-electron chi connectivity index (χ0n) is 22.8. The van der Waals surface area contributed by atoms with Gasteiger partial charge in [-0.15, -0.1) is 0 Å². The molecule has 0 aromatic heterocycles. The van der Waals surface area contributed by atoms with E-state index in [2.05, 4.69) is 53.2 Å². The SMILES string of the molecule is CCCCCCCCCCN(CCCCCCCCCC)c1ccc(N=Nc2ccccc2)cc1. The molecule has 3 nitrogen and oxygen atoms in total. The molecule has 194 valence electrons. The number of azo groups is 1. The molecule has 0 atom stereocenters. The third-order valence-corrected chi connectivity index (χ3v) is 6.82. The van der Waals surface area contributed by atoms with Gasteiger partial charge in [-0.1, -0.05) is 122 Å². The molecule has 3 heteroatoms. The molecule has 0 amide bonds. The van der Waals surface area contributed by atoms with Crippen LogP contribution in [-0.2, 0) is 0 Å². The first kappa shape index (κ1) is 29.1. The molecule has 0 heterocycles. The van der Waals surface area contributed by atoms with Crippen molar-refractivity contribution in [3.63, 3.8) is 0 Å². The van der Waals surface area contributed by atoms with Crippen molar-refractivity contribution in [2.24, 2.45) is 10.2 Å². The molecule has 0 radical (unpaired) electrons. The normalized spacial score (nSPS) is 11.4. The first-order valence-corrected chi connectivity index (χ1v) is 14.6. The number of unbranched alkanes of at least 4 members (excludes halogenated alkanes) is 14. The summed E-state index contributed by atoms with van der Waals surface area (Å²) in [4.78, 5) is 2.60. The fourth-order valence-corrected chi connectivity index (χ4v) is 4.58. The molecule has 0 fully saturated rings. The number of benzene rings is 2. The third kappa shape index (κ3) is 14.1. The summed E-state index contributed by atoms with van der Waals surface area (Å²) in [5, 5.41) is 8.77. The lowest BCUT2D eigenvalue weighted by Gasteiger charge is -2.25. The molecule has 0 aliphatic heterocycles. The van der Waals surface area contributed by atoms with Gasteiger partial charge < -0.3 is 4.90 Å². The maximum absolute atomic E-state index is 4.42. The topological polar surface area (TPSA) is 28.0 Å². The molecule has 2 aromatic carbocycles. The maximum atomic E-state index is 4.42. The van der Waals surface area contributed by atoms with Crippen molar-refractivity contribution in [2.45, 2.75) is 117 Å². The predicted molar refractivity (Wildman–Crippen MR) is 154 cm³/mol. The molecule has 0 bridgehead atoms. The lowest BCUT2D eigenvalue weighted by Crippen LogP contribution is -2.25. The van der Waals surface area contributed by atoms with Gasteiger partial charge in [0.2, 0.25) is 0 Å². The smallest absolute Gasteiger partial charge is 0.0858 e. The van der Waals surface area contributed by atoms with Crippen LogP contribution in [0.2, 0.25) is 0 Å². The fourth-order valence-electron chi connectivity index (χ4n) is 4.58. The van der Waals surface area contributed by atoms with Gasteiger partial charge in [0.15, 0.2) is 0 Å². The Kier molecular flexibility index (Phi) is 16.7. The molecule has 35 heavy (non-hydrogen) atoms. The van der Waals surface area contributed by atoms with Gasteiger partial charge in [0.05, 0.1) is 11.4 Å². The molecular formula is C32H51N3. The minimum Gasteiger partial charge on any atom is -0.372 e. The van der Waals surface area contributed by atoms with Crippen molar-refractivity contribution in [3.05, 3.63) is 54.6 Å². The van der Waals surface area contributed by atoms with E-state index in [0.29, 0.717) is 0 Å². The Morgan fingerprint density at radius 1 is 0.457 bits per heavy atom. The van der Waals surface area contributed by atoms with Gasteiger partial charge in [-0.2, -0.15) is 10.2 Å². The van der Waals surface area contributed by atoms with Gasteiger partial charge in [-0.05, 0) is 49.2 Å². The summed E-state index contributed by atoms with van der Waals surface area (Å²) in [6, 6.07) is 18.6. The molecule has 2 rings (SSSR count). The van der Waals surface area contributed by atoms with Crippen LogP contribution in [0.3, 0.4) is 0 Å². The lowest BCUT2D eigenvalue weighted by atomic mass is 10.1. The molecule has 0 unspecified atom stereocenters. The molecule has 0 aliphatic rings. The van der Waals surface area contributed by atoms with E-state index in [1.165, 1.54) is 108 Å². The Balaban J connectivity index is 1.80.